The predicted molar refractivity (Wildman–Crippen MR) is 68.9 cm³/mol. The minimum absolute atomic E-state index is 0.507. The van der Waals surface area contributed by atoms with Crippen LogP contribution in [0, 0.1) is 6.92 Å². The smallest absolute Gasteiger partial charge is 0.207 e. The number of nitrogens with one attached hydrogen (secondary N) is 1. The van der Waals surface area contributed by atoms with Crippen LogP contribution < -0.4 is 15.8 Å². The van der Waals surface area contributed by atoms with E-state index in [9.17, 15) is 0 Å². The maximum absolute atomic E-state index is 5.44. The fourth-order valence-electron chi connectivity index (χ4n) is 1.31. The summed E-state index contributed by atoms with van der Waals surface area (Å²) >= 11 is 1.34. The Hall–Kier alpha value is -1.66. The van der Waals surface area contributed by atoms with Crippen LogP contribution in [0.2, 0.25) is 0 Å². The van der Waals surface area contributed by atoms with Gasteiger partial charge in [-0.2, -0.15) is 4.37 Å². The zero-order chi connectivity index (χ0) is 12.1. The summed E-state index contributed by atoms with van der Waals surface area (Å²) in [6.45, 7) is 2.89. The Morgan fingerprint density at radius 3 is 3.06 bits per heavy atom. The van der Waals surface area contributed by atoms with E-state index >= 15 is 0 Å². The molecule has 0 aliphatic rings. The summed E-state index contributed by atoms with van der Waals surface area (Å²) in [5.74, 6) is 1.56. The van der Waals surface area contributed by atoms with E-state index in [4.69, 9.17) is 10.5 Å². The molecule has 0 unspecified atom stereocenters. The fourth-order valence-corrected chi connectivity index (χ4v) is 1.91. The molecule has 2 aromatic rings. The summed E-state index contributed by atoms with van der Waals surface area (Å²) in [5.41, 5.74) is 6.31. The van der Waals surface area contributed by atoms with E-state index in [0.29, 0.717) is 13.2 Å². The third kappa shape index (κ3) is 3.40. The molecule has 0 amide bonds. The number of ether oxygens (including phenoxy) is 1. The van der Waals surface area contributed by atoms with Gasteiger partial charge in [0.25, 0.3) is 0 Å². The molecule has 0 spiro atoms. The van der Waals surface area contributed by atoms with Crippen molar-refractivity contribution in [1.29, 1.82) is 0 Å². The molecule has 1 aromatic heterocycles. The van der Waals surface area contributed by atoms with Crippen LogP contribution in [0.15, 0.2) is 24.3 Å². The molecule has 0 aliphatic heterocycles. The lowest BCUT2D eigenvalue weighted by Gasteiger charge is -2.07. The number of benzene rings is 1. The van der Waals surface area contributed by atoms with Gasteiger partial charge in [0.15, 0.2) is 0 Å². The molecular weight excluding hydrogens is 236 g/mol. The molecule has 3 N–H and O–H groups in total. The van der Waals surface area contributed by atoms with E-state index in [1.54, 1.807) is 0 Å². The third-order valence-corrected chi connectivity index (χ3v) is 2.72. The van der Waals surface area contributed by atoms with E-state index in [2.05, 4.69) is 14.7 Å². The molecule has 0 saturated heterocycles. The average Bonchev–Trinajstić information content (AvgIpc) is 2.73. The monoisotopic (exact) mass is 250 g/mol. The summed E-state index contributed by atoms with van der Waals surface area (Å²) in [6, 6.07) is 7.67. The van der Waals surface area contributed by atoms with E-state index in [1.165, 1.54) is 11.5 Å². The highest BCUT2D eigenvalue weighted by Crippen LogP contribution is 2.22. The lowest BCUT2D eigenvalue weighted by atomic mass is 10.3. The largest absolute Gasteiger partial charge is 0.492 e. The number of nitrogens with two attached hydrogens (primary N) is 1. The standard InChI is InChI=1S/C11H14N4OS/c1-8-13-11(17-15-8)14-9-3-2-4-10(7-9)16-6-5-12/h2-4,7H,5-6,12H2,1H3,(H,13,14,15). The molecule has 1 aromatic carbocycles. The minimum atomic E-state index is 0.507. The molecule has 1 heterocycles. The van der Waals surface area contributed by atoms with Crippen LogP contribution >= 0.6 is 11.5 Å². The van der Waals surface area contributed by atoms with Crippen LogP contribution in [0.5, 0.6) is 5.75 Å². The number of hydrogen-bond donors (Lipinski definition) is 2. The first kappa shape index (κ1) is 11.8. The van der Waals surface area contributed by atoms with Crippen LogP contribution in [0.3, 0.4) is 0 Å². The lowest BCUT2D eigenvalue weighted by molar-refractivity contribution is 0.328. The fraction of sp³-hybridized carbons (Fsp3) is 0.273. The van der Waals surface area contributed by atoms with Gasteiger partial charge in [0.2, 0.25) is 5.13 Å². The topological polar surface area (TPSA) is 73.1 Å². The van der Waals surface area contributed by atoms with Crippen LogP contribution in [-0.2, 0) is 0 Å². The molecule has 0 aliphatic carbocycles. The van der Waals surface area contributed by atoms with Crippen molar-refractivity contribution < 1.29 is 4.74 Å². The zero-order valence-corrected chi connectivity index (χ0v) is 10.3. The molecule has 0 fully saturated rings. The second-order valence-corrected chi connectivity index (χ2v) is 4.19. The molecule has 17 heavy (non-hydrogen) atoms. The van der Waals surface area contributed by atoms with Gasteiger partial charge in [-0.1, -0.05) is 6.07 Å². The number of aryl methyl sites for hydroxylation is 1. The first-order chi connectivity index (χ1) is 8.28. The third-order valence-electron chi connectivity index (χ3n) is 2.00. The van der Waals surface area contributed by atoms with E-state index in [1.807, 2.05) is 31.2 Å². The van der Waals surface area contributed by atoms with Gasteiger partial charge in [-0.05, 0) is 19.1 Å². The Labute approximate surface area is 104 Å². The average molecular weight is 250 g/mol. The summed E-state index contributed by atoms with van der Waals surface area (Å²) in [6.07, 6.45) is 0. The van der Waals surface area contributed by atoms with Crippen molar-refractivity contribution in [1.82, 2.24) is 9.36 Å². The Morgan fingerprint density at radius 1 is 1.47 bits per heavy atom. The second kappa shape index (κ2) is 5.60. The van der Waals surface area contributed by atoms with Gasteiger partial charge in [-0.15, -0.1) is 0 Å². The van der Waals surface area contributed by atoms with Gasteiger partial charge in [0.1, 0.15) is 18.2 Å². The summed E-state index contributed by atoms with van der Waals surface area (Å²) in [4.78, 5) is 4.23. The number of anilines is 2. The van der Waals surface area contributed by atoms with Crippen molar-refractivity contribution in [3.8, 4) is 5.75 Å². The molecule has 90 valence electrons. The number of rotatable bonds is 5. The highest BCUT2D eigenvalue weighted by molar-refractivity contribution is 7.09. The quantitative estimate of drug-likeness (QED) is 0.848. The van der Waals surface area contributed by atoms with E-state index in [0.717, 1.165) is 22.4 Å². The first-order valence-corrected chi connectivity index (χ1v) is 6.05. The molecule has 6 heteroatoms. The molecule has 0 bridgehead atoms. The maximum atomic E-state index is 5.44. The minimum Gasteiger partial charge on any atom is -0.492 e. The van der Waals surface area contributed by atoms with Gasteiger partial charge in [0, 0.05) is 29.8 Å². The Bertz CT molecular complexity index is 486. The maximum Gasteiger partial charge on any atom is 0.207 e. The van der Waals surface area contributed by atoms with Gasteiger partial charge in [-0.3, -0.25) is 0 Å². The highest BCUT2D eigenvalue weighted by Gasteiger charge is 2.01. The van der Waals surface area contributed by atoms with E-state index in [-0.39, 0.29) is 0 Å². The van der Waals surface area contributed by atoms with Crippen LogP contribution in [0.4, 0.5) is 10.8 Å². The van der Waals surface area contributed by atoms with Crippen molar-refractivity contribution in [2.45, 2.75) is 6.92 Å². The van der Waals surface area contributed by atoms with Crippen LogP contribution in [-0.4, -0.2) is 22.5 Å². The lowest BCUT2D eigenvalue weighted by Crippen LogP contribution is -2.10. The van der Waals surface area contributed by atoms with Crippen molar-refractivity contribution >= 4 is 22.4 Å². The highest BCUT2D eigenvalue weighted by atomic mass is 32.1. The molecule has 5 nitrogen and oxygen atoms in total. The summed E-state index contributed by atoms with van der Waals surface area (Å²) in [5, 5.41) is 3.95. The molecule has 0 atom stereocenters. The van der Waals surface area contributed by atoms with Crippen LogP contribution in [0.25, 0.3) is 0 Å². The molecule has 0 radical (unpaired) electrons. The normalized spacial score (nSPS) is 10.2. The van der Waals surface area contributed by atoms with Gasteiger partial charge < -0.3 is 15.8 Å². The van der Waals surface area contributed by atoms with Gasteiger partial charge >= 0.3 is 0 Å². The summed E-state index contributed by atoms with van der Waals surface area (Å²) < 4.78 is 9.55. The van der Waals surface area contributed by atoms with Crippen molar-refractivity contribution in [3.63, 3.8) is 0 Å². The van der Waals surface area contributed by atoms with E-state index < -0.39 is 0 Å². The predicted octanol–water partition coefficient (Wildman–Crippen LogP) is 1.93. The Balaban J connectivity index is 2.05. The Morgan fingerprint density at radius 2 is 2.35 bits per heavy atom. The van der Waals surface area contributed by atoms with Crippen molar-refractivity contribution in [3.05, 3.63) is 30.1 Å². The second-order valence-electron chi connectivity index (χ2n) is 3.44. The van der Waals surface area contributed by atoms with Gasteiger partial charge in [0.05, 0.1) is 0 Å². The molecule has 2 rings (SSSR count). The van der Waals surface area contributed by atoms with Gasteiger partial charge in [-0.25, -0.2) is 4.98 Å². The van der Waals surface area contributed by atoms with Crippen molar-refractivity contribution in [2.75, 3.05) is 18.5 Å². The number of hydrogen-bond acceptors (Lipinski definition) is 6. The number of aromatic nitrogens is 2. The first-order valence-electron chi connectivity index (χ1n) is 5.28. The number of nitrogens with zero attached hydrogens (tertiary/aromatic N) is 2. The Kier molecular flexibility index (Phi) is 3.89. The summed E-state index contributed by atoms with van der Waals surface area (Å²) in [7, 11) is 0. The zero-order valence-electron chi connectivity index (χ0n) is 9.51. The molecular formula is C11H14N4OS. The van der Waals surface area contributed by atoms with Crippen LogP contribution in [0.1, 0.15) is 5.82 Å². The molecule has 0 saturated carbocycles. The SMILES string of the molecule is Cc1nsc(Nc2cccc(OCCN)c2)n1. The van der Waals surface area contributed by atoms with Crippen molar-refractivity contribution in [2.24, 2.45) is 5.73 Å².